The molecule has 22 heavy (non-hydrogen) atoms. The second-order valence-corrected chi connectivity index (χ2v) is 7.21. The summed E-state index contributed by atoms with van der Waals surface area (Å²) in [7, 11) is 0. The summed E-state index contributed by atoms with van der Waals surface area (Å²) in [6, 6.07) is 0.782. The monoisotopic (exact) mass is 303 g/mol. The number of carbonyl (C=O) groups is 1. The number of aromatic nitrogens is 3. The van der Waals surface area contributed by atoms with Crippen LogP contribution in [0.3, 0.4) is 0 Å². The summed E-state index contributed by atoms with van der Waals surface area (Å²) in [5.41, 5.74) is -0.111. The first-order valence-electron chi connectivity index (χ1n) is 8.59. The minimum absolute atomic E-state index is 0.0815. The first-order chi connectivity index (χ1) is 10.6. The molecule has 1 amide bonds. The number of fused-ring (bicyclic) bond motifs is 1. The molecule has 1 aromatic heterocycles. The van der Waals surface area contributed by atoms with Crippen LogP contribution < -0.4 is 5.32 Å². The van der Waals surface area contributed by atoms with Crippen LogP contribution in [0.15, 0.2) is 0 Å². The van der Waals surface area contributed by atoms with E-state index < -0.39 is 0 Å². The summed E-state index contributed by atoms with van der Waals surface area (Å²) < 4.78 is 1.78. The van der Waals surface area contributed by atoms with Gasteiger partial charge >= 0.3 is 0 Å². The fourth-order valence-corrected chi connectivity index (χ4v) is 4.46. The van der Waals surface area contributed by atoms with Crippen LogP contribution in [0.25, 0.3) is 0 Å². The molecule has 0 bridgehead atoms. The van der Waals surface area contributed by atoms with Crippen LogP contribution in [-0.2, 0) is 17.8 Å². The molecule has 1 saturated heterocycles. The summed E-state index contributed by atoms with van der Waals surface area (Å²) >= 11 is 0. The van der Waals surface area contributed by atoms with Crippen molar-refractivity contribution in [2.45, 2.75) is 70.0 Å². The Labute approximate surface area is 131 Å². The molecule has 3 aliphatic rings. The van der Waals surface area contributed by atoms with Crippen molar-refractivity contribution in [3.8, 4) is 0 Å². The van der Waals surface area contributed by atoms with E-state index in [4.69, 9.17) is 0 Å². The quantitative estimate of drug-likeness (QED) is 0.842. The average Bonchev–Trinajstić information content (AvgIpc) is 3.08. The Hall–Kier alpha value is -1.43. The molecule has 1 saturated carbocycles. The molecule has 0 aromatic carbocycles. The molecule has 1 aliphatic carbocycles. The van der Waals surface area contributed by atoms with Crippen molar-refractivity contribution in [1.29, 1.82) is 0 Å². The lowest BCUT2D eigenvalue weighted by Crippen LogP contribution is -2.57. The molecule has 1 N–H and O–H groups in total. The lowest BCUT2D eigenvalue weighted by atomic mass is 9.83. The highest BCUT2D eigenvalue weighted by Gasteiger charge is 2.41. The van der Waals surface area contributed by atoms with Gasteiger partial charge in [-0.2, -0.15) is 5.10 Å². The average molecular weight is 303 g/mol. The molecule has 2 fully saturated rings. The normalized spacial score (nSPS) is 26.0. The number of hydrogen-bond donors (Lipinski definition) is 1. The Morgan fingerprint density at radius 1 is 1.23 bits per heavy atom. The molecule has 4 rings (SSSR count). The smallest absolute Gasteiger partial charge is 0.242 e. The Balaban J connectivity index is 1.50. The second-order valence-electron chi connectivity index (χ2n) is 7.21. The van der Waals surface area contributed by atoms with Crippen LogP contribution in [-0.4, -0.2) is 50.2 Å². The first kappa shape index (κ1) is 14.2. The number of carbonyl (C=O) groups excluding carboxylic acids is 1. The molecule has 0 radical (unpaired) electrons. The zero-order valence-corrected chi connectivity index (χ0v) is 13.3. The van der Waals surface area contributed by atoms with Crippen molar-refractivity contribution in [2.75, 3.05) is 13.1 Å². The van der Waals surface area contributed by atoms with Crippen LogP contribution in [0.4, 0.5) is 0 Å². The second kappa shape index (κ2) is 5.33. The topological polar surface area (TPSA) is 63.1 Å². The van der Waals surface area contributed by atoms with E-state index in [1.807, 2.05) is 6.92 Å². The lowest BCUT2D eigenvalue weighted by molar-refractivity contribution is -0.124. The number of hydrogen-bond acceptors (Lipinski definition) is 4. The number of nitrogens with one attached hydrogen (secondary N) is 1. The van der Waals surface area contributed by atoms with Gasteiger partial charge in [0.1, 0.15) is 18.2 Å². The number of nitrogens with zero attached hydrogens (tertiary/aromatic N) is 4. The van der Waals surface area contributed by atoms with Gasteiger partial charge in [-0.25, -0.2) is 9.67 Å². The predicted molar refractivity (Wildman–Crippen MR) is 82.4 cm³/mol. The summed E-state index contributed by atoms with van der Waals surface area (Å²) in [6.07, 6.45) is 8.34. The van der Waals surface area contributed by atoms with Gasteiger partial charge in [0, 0.05) is 31.1 Å². The third-order valence-corrected chi connectivity index (χ3v) is 5.64. The Bertz CT molecular complexity index is 567. The Morgan fingerprint density at radius 2 is 1.95 bits per heavy atom. The maximum absolute atomic E-state index is 12.3. The fraction of sp³-hybridized carbons (Fsp3) is 0.812. The molecule has 6 heteroatoms. The van der Waals surface area contributed by atoms with Crippen molar-refractivity contribution >= 4 is 5.91 Å². The van der Waals surface area contributed by atoms with E-state index in [2.05, 4.69) is 20.3 Å². The number of amides is 1. The van der Waals surface area contributed by atoms with Crippen molar-refractivity contribution in [3.63, 3.8) is 0 Å². The highest BCUT2D eigenvalue weighted by atomic mass is 16.2. The highest BCUT2D eigenvalue weighted by molar-refractivity contribution is 5.77. The SMILES string of the molecule is Cc1nc2n(n1)CC(=O)NC1(CCN(C3CCCC3)CC1)C2. The lowest BCUT2D eigenvalue weighted by Gasteiger charge is -2.43. The summed E-state index contributed by atoms with van der Waals surface area (Å²) in [5, 5.41) is 7.64. The van der Waals surface area contributed by atoms with E-state index in [9.17, 15) is 4.79 Å². The van der Waals surface area contributed by atoms with Gasteiger partial charge in [0.2, 0.25) is 5.91 Å². The minimum atomic E-state index is -0.111. The van der Waals surface area contributed by atoms with E-state index in [0.717, 1.165) is 50.0 Å². The minimum Gasteiger partial charge on any atom is -0.349 e. The van der Waals surface area contributed by atoms with E-state index in [-0.39, 0.29) is 11.4 Å². The fourth-order valence-electron chi connectivity index (χ4n) is 4.46. The number of aryl methyl sites for hydroxylation is 1. The van der Waals surface area contributed by atoms with Gasteiger partial charge in [0.25, 0.3) is 0 Å². The van der Waals surface area contributed by atoms with Crippen LogP contribution >= 0.6 is 0 Å². The van der Waals surface area contributed by atoms with Crippen LogP contribution in [0, 0.1) is 6.92 Å². The van der Waals surface area contributed by atoms with Crippen LogP contribution in [0.1, 0.15) is 50.2 Å². The van der Waals surface area contributed by atoms with E-state index in [0.29, 0.717) is 6.54 Å². The van der Waals surface area contributed by atoms with Gasteiger partial charge in [-0.15, -0.1) is 0 Å². The molecule has 0 atom stereocenters. The molecule has 120 valence electrons. The highest BCUT2D eigenvalue weighted by Crippen LogP contribution is 2.32. The zero-order chi connectivity index (χ0) is 15.2. The summed E-state index contributed by atoms with van der Waals surface area (Å²) in [5.74, 6) is 1.81. The standard InChI is InChI=1S/C16H25N5O/c1-12-17-14-10-16(18-15(22)11-21(14)19-12)6-8-20(9-7-16)13-4-2-3-5-13/h13H,2-11H2,1H3,(H,18,22). The van der Waals surface area contributed by atoms with E-state index >= 15 is 0 Å². The van der Waals surface area contributed by atoms with Crippen LogP contribution in [0.5, 0.6) is 0 Å². The van der Waals surface area contributed by atoms with Crippen molar-refractivity contribution in [3.05, 3.63) is 11.6 Å². The summed E-state index contributed by atoms with van der Waals surface area (Å²) in [4.78, 5) is 19.4. The molecular weight excluding hydrogens is 278 g/mol. The maximum atomic E-state index is 12.3. The molecule has 1 spiro atoms. The predicted octanol–water partition coefficient (Wildman–Crippen LogP) is 1.04. The van der Waals surface area contributed by atoms with Gasteiger partial charge in [-0.3, -0.25) is 4.79 Å². The molecule has 2 aliphatic heterocycles. The van der Waals surface area contributed by atoms with E-state index in [1.165, 1.54) is 25.7 Å². The molecular formula is C16H25N5O. The number of piperidine rings is 1. The Kier molecular flexibility index (Phi) is 3.44. The first-order valence-corrected chi connectivity index (χ1v) is 8.59. The third kappa shape index (κ3) is 2.53. The van der Waals surface area contributed by atoms with Crippen molar-refractivity contribution < 1.29 is 4.79 Å². The van der Waals surface area contributed by atoms with Crippen molar-refractivity contribution in [2.24, 2.45) is 0 Å². The van der Waals surface area contributed by atoms with Gasteiger partial charge < -0.3 is 10.2 Å². The number of rotatable bonds is 1. The maximum Gasteiger partial charge on any atom is 0.242 e. The largest absolute Gasteiger partial charge is 0.349 e. The number of likely N-dealkylation sites (tertiary alicyclic amines) is 1. The summed E-state index contributed by atoms with van der Waals surface area (Å²) in [6.45, 7) is 4.40. The van der Waals surface area contributed by atoms with Gasteiger partial charge in [0.15, 0.2) is 0 Å². The molecule has 1 aromatic rings. The van der Waals surface area contributed by atoms with Gasteiger partial charge in [-0.1, -0.05) is 12.8 Å². The zero-order valence-electron chi connectivity index (χ0n) is 13.3. The molecule has 6 nitrogen and oxygen atoms in total. The Morgan fingerprint density at radius 3 is 2.68 bits per heavy atom. The van der Waals surface area contributed by atoms with Crippen molar-refractivity contribution in [1.82, 2.24) is 25.0 Å². The van der Waals surface area contributed by atoms with Crippen LogP contribution in [0.2, 0.25) is 0 Å². The van der Waals surface area contributed by atoms with E-state index in [1.54, 1.807) is 4.68 Å². The van der Waals surface area contributed by atoms with Gasteiger partial charge in [0.05, 0.1) is 0 Å². The third-order valence-electron chi connectivity index (χ3n) is 5.64. The molecule has 0 unspecified atom stereocenters. The molecule has 3 heterocycles. The van der Waals surface area contributed by atoms with Gasteiger partial charge in [-0.05, 0) is 32.6 Å².